The maximum absolute atomic E-state index is 12.7. The molecule has 0 unspecified atom stereocenters. The second kappa shape index (κ2) is 6.45. The molecule has 5 nitrogen and oxygen atoms in total. The Morgan fingerprint density at radius 1 is 1.24 bits per heavy atom. The van der Waals surface area contributed by atoms with E-state index in [1.165, 1.54) is 5.56 Å². The lowest BCUT2D eigenvalue weighted by atomic mass is 9.70. The number of aliphatic carboxylic acids is 1. The zero-order chi connectivity index (χ0) is 17.4. The van der Waals surface area contributed by atoms with Crippen molar-refractivity contribution in [1.82, 2.24) is 4.90 Å². The third kappa shape index (κ3) is 2.95. The number of likely N-dealkylation sites (tertiary alicyclic amines) is 1. The van der Waals surface area contributed by atoms with Crippen LogP contribution in [0.4, 0.5) is 0 Å². The van der Waals surface area contributed by atoms with Gasteiger partial charge in [0.1, 0.15) is 0 Å². The number of carboxylic acids is 1. The van der Waals surface area contributed by atoms with E-state index in [9.17, 15) is 14.7 Å². The van der Waals surface area contributed by atoms with Gasteiger partial charge in [-0.05, 0) is 36.7 Å². The Hall–Kier alpha value is -1.88. The van der Waals surface area contributed by atoms with E-state index in [4.69, 9.17) is 4.74 Å². The number of carbonyl (C=O) groups is 2. The minimum atomic E-state index is -0.792. The fourth-order valence-electron chi connectivity index (χ4n) is 4.77. The van der Waals surface area contributed by atoms with Crippen molar-refractivity contribution in [2.75, 3.05) is 26.3 Å². The summed E-state index contributed by atoms with van der Waals surface area (Å²) in [6, 6.07) is 10.5. The van der Waals surface area contributed by atoms with Gasteiger partial charge in [0.15, 0.2) is 0 Å². The van der Waals surface area contributed by atoms with Crippen LogP contribution >= 0.6 is 0 Å². The highest BCUT2D eigenvalue weighted by Gasteiger charge is 2.55. The molecule has 5 heteroatoms. The van der Waals surface area contributed by atoms with Crippen molar-refractivity contribution < 1.29 is 19.4 Å². The molecule has 1 saturated carbocycles. The minimum absolute atomic E-state index is 0.0684. The summed E-state index contributed by atoms with van der Waals surface area (Å²) in [5.74, 6) is 0.271. The van der Waals surface area contributed by atoms with Crippen LogP contribution in [-0.2, 0) is 14.3 Å². The van der Waals surface area contributed by atoms with E-state index in [2.05, 4.69) is 24.3 Å². The Bertz CT molecular complexity index is 655. The van der Waals surface area contributed by atoms with Crippen LogP contribution in [0.2, 0.25) is 0 Å². The fourth-order valence-corrected chi connectivity index (χ4v) is 4.77. The van der Waals surface area contributed by atoms with Gasteiger partial charge < -0.3 is 14.7 Å². The average Bonchev–Trinajstić information content (AvgIpc) is 2.99. The topological polar surface area (TPSA) is 66.8 Å². The standard InChI is InChI=1S/C20H25NO4/c22-18(10-14-8-16(9-14)15-4-2-1-3-5-15)21-11-17-12-25-7-6-20(17,13-21)19(23)24/h1-5,14,16-17H,6-13H2,(H,23,24)/t14?,16?,17-,20+/m0/s1. The lowest BCUT2D eigenvalue weighted by Gasteiger charge is -2.36. The van der Waals surface area contributed by atoms with Gasteiger partial charge in [0.25, 0.3) is 0 Å². The number of benzene rings is 1. The number of fused-ring (bicyclic) bond motifs is 1. The summed E-state index contributed by atoms with van der Waals surface area (Å²) in [7, 11) is 0. The molecule has 1 aromatic rings. The van der Waals surface area contributed by atoms with Crippen molar-refractivity contribution in [1.29, 1.82) is 0 Å². The van der Waals surface area contributed by atoms with Crippen LogP contribution in [0.5, 0.6) is 0 Å². The Morgan fingerprint density at radius 3 is 2.68 bits per heavy atom. The first-order chi connectivity index (χ1) is 12.1. The van der Waals surface area contributed by atoms with Crippen molar-refractivity contribution in [2.24, 2.45) is 17.3 Å². The molecule has 2 saturated heterocycles. The van der Waals surface area contributed by atoms with Crippen molar-refractivity contribution in [3.05, 3.63) is 35.9 Å². The molecule has 0 radical (unpaired) electrons. The maximum Gasteiger partial charge on any atom is 0.311 e. The third-order valence-electron chi connectivity index (χ3n) is 6.46. The largest absolute Gasteiger partial charge is 0.481 e. The summed E-state index contributed by atoms with van der Waals surface area (Å²) in [5.41, 5.74) is 0.570. The molecule has 4 rings (SSSR count). The predicted octanol–water partition coefficient (Wildman–Crippen LogP) is 2.52. The molecule has 25 heavy (non-hydrogen) atoms. The summed E-state index contributed by atoms with van der Waals surface area (Å²) >= 11 is 0. The lowest BCUT2D eigenvalue weighted by Crippen LogP contribution is -2.45. The first-order valence-corrected chi connectivity index (χ1v) is 9.22. The highest BCUT2D eigenvalue weighted by molar-refractivity contribution is 5.81. The second-order valence-electron chi connectivity index (χ2n) is 7.91. The molecule has 134 valence electrons. The molecule has 0 spiro atoms. The van der Waals surface area contributed by atoms with Crippen LogP contribution < -0.4 is 0 Å². The van der Waals surface area contributed by atoms with Gasteiger partial charge in [-0.1, -0.05) is 30.3 Å². The molecule has 1 amide bonds. The van der Waals surface area contributed by atoms with E-state index in [0.29, 0.717) is 51.0 Å². The summed E-state index contributed by atoms with van der Waals surface area (Å²) in [4.78, 5) is 26.3. The Morgan fingerprint density at radius 2 is 2.00 bits per heavy atom. The number of amides is 1. The first kappa shape index (κ1) is 16.6. The van der Waals surface area contributed by atoms with Crippen molar-refractivity contribution in [3.63, 3.8) is 0 Å². The van der Waals surface area contributed by atoms with Gasteiger partial charge in [-0.25, -0.2) is 0 Å². The number of carbonyl (C=O) groups excluding carboxylic acids is 1. The Labute approximate surface area is 148 Å². The monoisotopic (exact) mass is 343 g/mol. The minimum Gasteiger partial charge on any atom is -0.481 e. The van der Waals surface area contributed by atoms with E-state index in [-0.39, 0.29) is 11.8 Å². The predicted molar refractivity (Wildman–Crippen MR) is 92.1 cm³/mol. The van der Waals surface area contributed by atoms with Crippen LogP contribution in [0.15, 0.2) is 30.3 Å². The van der Waals surface area contributed by atoms with E-state index < -0.39 is 11.4 Å². The van der Waals surface area contributed by atoms with Crippen molar-refractivity contribution >= 4 is 11.9 Å². The lowest BCUT2D eigenvalue weighted by molar-refractivity contribution is -0.157. The third-order valence-corrected chi connectivity index (χ3v) is 6.46. The zero-order valence-electron chi connectivity index (χ0n) is 14.4. The normalized spacial score (nSPS) is 34.2. The quantitative estimate of drug-likeness (QED) is 0.912. The smallest absolute Gasteiger partial charge is 0.311 e. The van der Waals surface area contributed by atoms with Gasteiger partial charge in [0, 0.05) is 32.0 Å². The molecule has 1 aliphatic carbocycles. The second-order valence-corrected chi connectivity index (χ2v) is 7.91. The molecular weight excluding hydrogens is 318 g/mol. The summed E-state index contributed by atoms with van der Waals surface area (Å²) in [6.45, 7) is 1.81. The van der Waals surface area contributed by atoms with Crippen LogP contribution in [-0.4, -0.2) is 48.2 Å². The molecule has 2 aliphatic heterocycles. The number of rotatable bonds is 4. The van der Waals surface area contributed by atoms with E-state index in [1.54, 1.807) is 4.90 Å². The molecule has 1 aromatic carbocycles. The van der Waals surface area contributed by atoms with Gasteiger partial charge >= 0.3 is 5.97 Å². The molecule has 3 aliphatic rings. The average molecular weight is 343 g/mol. The number of hydrogen-bond donors (Lipinski definition) is 1. The Kier molecular flexibility index (Phi) is 4.28. The molecule has 2 heterocycles. The molecule has 3 fully saturated rings. The van der Waals surface area contributed by atoms with Crippen molar-refractivity contribution in [2.45, 2.75) is 31.6 Å². The molecule has 0 bridgehead atoms. The number of carboxylic acid groups (broad SMARTS) is 1. The summed E-state index contributed by atoms with van der Waals surface area (Å²) < 4.78 is 5.46. The van der Waals surface area contributed by atoms with Crippen LogP contribution in [0.25, 0.3) is 0 Å². The number of ether oxygens (including phenoxy) is 1. The number of hydrogen-bond acceptors (Lipinski definition) is 3. The van der Waals surface area contributed by atoms with Gasteiger partial charge in [0.2, 0.25) is 5.91 Å². The van der Waals surface area contributed by atoms with Gasteiger partial charge in [-0.15, -0.1) is 0 Å². The van der Waals surface area contributed by atoms with E-state index >= 15 is 0 Å². The van der Waals surface area contributed by atoms with Gasteiger partial charge in [0.05, 0.1) is 12.0 Å². The van der Waals surface area contributed by atoms with Crippen molar-refractivity contribution in [3.8, 4) is 0 Å². The van der Waals surface area contributed by atoms with Gasteiger partial charge in [-0.2, -0.15) is 0 Å². The molecular formula is C20H25NO4. The fraction of sp³-hybridized carbons (Fsp3) is 0.600. The molecule has 2 atom stereocenters. The highest BCUT2D eigenvalue weighted by Crippen LogP contribution is 2.45. The zero-order valence-corrected chi connectivity index (χ0v) is 14.4. The maximum atomic E-state index is 12.7. The first-order valence-electron chi connectivity index (χ1n) is 9.22. The molecule has 1 N–H and O–H groups in total. The van der Waals surface area contributed by atoms with Crippen LogP contribution in [0.3, 0.4) is 0 Å². The summed E-state index contributed by atoms with van der Waals surface area (Å²) in [6.07, 6.45) is 3.17. The highest BCUT2D eigenvalue weighted by atomic mass is 16.5. The van der Waals surface area contributed by atoms with Gasteiger partial charge in [-0.3, -0.25) is 9.59 Å². The Balaban J connectivity index is 1.33. The SMILES string of the molecule is O=C(CC1CC(c2ccccc2)C1)N1C[C@H]2COCC[C@@]2(C(=O)O)C1. The van der Waals surface area contributed by atoms with E-state index in [1.807, 2.05) is 6.07 Å². The van der Waals surface area contributed by atoms with E-state index in [0.717, 1.165) is 12.8 Å². The molecule has 0 aromatic heterocycles. The summed E-state index contributed by atoms with van der Waals surface area (Å²) in [5, 5.41) is 9.71. The van der Waals surface area contributed by atoms with Crippen LogP contribution in [0.1, 0.15) is 37.2 Å². The number of nitrogens with zero attached hydrogens (tertiary/aromatic N) is 1. The van der Waals surface area contributed by atoms with Crippen LogP contribution in [0, 0.1) is 17.3 Å².